The molecule has 1 fully saturated rings. The summed E-state index contributed by atoms with van der Waals surface area (Å²) in [6.45, 7) is -0.470. The number of phosphoric acid groups is 1. The first kappa shape index (κ1) is 23.9. The van der Waals surface area contributed by atoms with Gasteiger partial charge in [-0.25, -0.2) is 4.79 Å². The van der Waals surface area contributed by atoms with Crippen LogP contribution in [0.2, 0.25) is 0 Å². The van der Waals surface area contributed by atoms with Crippen LogP contribution in [0.15, 0.2) is 47.4 Å². The molecule has 2 aromatic rings. The van der Waals surface area contributed by atoms with E-state index in [-0.39, 0.29) is 41.8 Å². The van der Waals surface area contributed by atoms with Gasteiger partial charge in [0.15, 0.2) is 0 Å². The Morgan fingerprint density at radius 1 is 1.41 bits per heavy atom. The van der Waals surface area contributed by atoms with Crippen molar-refractivity contribution in [3.05, 3.63) is 58.6 Å². The summed E-state index contributed by atoms with van der Waals surface area (Å²) in [5, 5.41) is 2.53. The van der Waals surface area contributed by atoms with Crippen LogP contribution in [-0.2, 0) is 13.8 Å². The Morgan fingerprint density at radius 3 is 2.72 bits per heavy atom. The van der Waals surface area contributed by atoms with Crippen LogP contribution in [0.1, 0.15) is 23.0 Å². The summed E-state index contributed by atoms with van der Waals surface area (Å²) in [6, 6.07) is 9.27. The second-order valence-corrected chi connectivity index (χ2v) is 7.31. The minimum absolute atomic E-state index is 0. The zero-order valence-corrected chi connectivity index (χ0v) is 18.4. The van der Waals surface area contributed by atoms with Crippen LogP contribution in [0, 0.1) is 0 Å². The van der Waals surface area contributed by atoms with Gasteiger partial charge in [0.2, 0.25) is 0 Å². The SMILES string of the molecule is N[C@H]1C[C@H](n2ccc(NC(=O)c3ccccc3)nc2=O)O[C@@H]1COP(=O)([O-])O.[Na+]. The van der Waals surface area contributed by atoms with E-state index in [1.165, 1.54) is 16.8 Å². The van der Waals surface area contributed by atoms with Crippen LogP contribution in [0.5, 0.6) is 0 Å². The van der Waals surface area contributed by atoms with Crippen molar-refractivity contribution in [1.82, 2.24) is 9.55 Å². The number of nitrogens with two attached hydrogens (primary N) is 1. The van der Waals surface area contributed by atoms with E-state index in [4.69, 9.17) is 15.4 Å². The molecular weight excluding hydrogens is 414 g/mol. The average Bonchev–Trinajstić information content (AvgIpc) is 3.01. The third-order valence-electron chi connectivity index (χ3n) is 4.10. The summed E-state index contributed by atoms with van der Waals surface area (Å²) in [5.41, 5.74) is 5.61. The fourth-order valence-corrected chi connectivity index (χ4v) is 3.07. The van der Waals surface area contributed by atoms with Gasteiger partial charge in [0.1, 0.15) is 12.0 Å². The summed E-state index contributed by atoms with van der Waals surface area (Å²) in [5.74, 6) is -0.336. The van der Waals surface area contributed by atoms with Crippen LogP contribution in [0.25, 0.3) is 0 Å². The molecule has 11 nitrogen and oxygen atoms in total. The Balaban J connectivity index is 0.00000300. The molecule has 13 heteroatoms. The van der Waals surface area contributed by atoms with Gasteiger partial charge in [-0.3, -0.25) is 13.9 Å². The van der Waals surface area contributed by atoms with E-state index in [0.717, 1.165) is 0 Å². The van der Waals surface area contributed by atoms with Crippen molar-refractivity contribution in [3.8, 4) is 0 Å². The molecule has 1 aromatic carbocycles. The maximum Gasteiger partial charge on any atom is 1.00 e. The van der Waals surface area contributed by atoms with Gasteiger partial charge < -0.3 is 30.1 Å². The normalized spacial score (nSPS) is 23.1. The zero-order valence-electron chi connectivity index (χ0n) is 15.5. The van der Waals surface area contributed by atoms with Crippen molar-refractivity contribution >= 4 is 19.5 Å². The molecule has 4 atom stereocenters. The summed E-state index contributed by atoms with van der Waals surface area (Å²) in [6.07, 6.45) is -0.0166. The molecule has 3 rings (SSSR count). The van der Waals surface area contributed by atoms with Gasteiger partial charge in [-0.2, -0.15) is 4.98 Å². The topological polar surface area (TPSA) is 169 Å². The zero-order chi connectivity index (χ0) is 20.3. The van der Waals surface area contributed by atoms with Crippen molar-refractivity contribution in [2.45, 2.75) is 24.8 Å². The van der Waals surface area contributed by atoms with E-state index in [1.54, 1.807) is 30.3 Å². The van der Waals surface area contributed by atoms with E-state index >= 15 is 0 Å². The number of hydrogen-bond acceptors (Lipinski definition) is 8. The molecule has 0 radical (unpaired) electrons. The number of nitrogens with zero attached hydrogens (tertiary/aromatic N) is 2. The van der Waals surface area contributed by atoms with Crippen LogP contribution in [-0.4, -0.2) is 39.1 Å². The first-order chi connectivity index (χ1) is 13.2. The molecule has 4 N–H and O–H groups in total. The predicted molar refractivity (Wildman–Crippen MR) is 95.2 cm³/mol. The first-order valence-electron chi connectivity index (χ1n) is 8.28. The second kappa shape index (κ2) is 10.1. The number of rotatable bonds is 6. The van der Waals surface area contributed by atoms with Gasteiger partial charge in [-0.1, -0.05) is 18.2 Å². The standard InChI is InChI=1S/C16H19N4O7P.Na/c17-11-8-14(27-12(11)9-26-28(23,24)25)20-7-6-13(19-16(20)22)18-15(21)10-4-2-1-3-5-10;/h1-7,11-12,14H,8-9,17H2,(H2,23,24,25)(H,18,19,21,22);/q;+1/p-1/t11-,12+,14+;/m0./s1. The molecule has 0 saturated carbocycles. The molecule has 2 heterocycles. The van der Waals surface area contributed by atoms with Gasteiger partial charge in [-0.05, 0) is 18.2 Å². The average molecular weight is 432 g/mol. The molecule has 150 valence electrons. The summed E-state index contributed by atoms with van der Waals surface area (Å²) >= 11 is 0. The quantitative estimate of drug-likeness (QED) is 0.311. The largest absolute Gasteiger partial charge is 1.00 e. The van der Waals surface area contributed by atoms with Crippen LogP contribution in [0.3, 0.4) is 0 Å². The van der Waals surface area contributed by atoms with E-state index < -0.39 is 44.4 Å². The molecular formula is C16H18N4NaO7P. The van der Waals surface area contributed by atoms with Crippen LogP contribution < -0.4 is 51.2 Å². The van der Waals surface area contributed by atoms with Gasteiger partial charge in [0.25, 0.3) is 13.7 Å². The van der Waals surface area contributed by atoms with Crippen molar-refractivity contribution < 1.29 is 58.0 Å². The van der Waals surface area contributed by atoms with E-state index in [9.17, 15) is 19.0 Å². The Hall–Kier alpha value is -1.40. The van der Waals surface area contributed by atoms with E-state index in [2.05, 4.69) is 14.8 Å². The van der Waals surface area contributed by atoms with Gasteiger partial charge >= 0.3 is 35.2 Å². The Labute approximate surface area is 187 Å². The van der Waals surface area contributed by atoms with Gasteiger partial charge in [-0.15, -0.1) is 0 Å². The minimum atomic E-state index is -4.90. The minimum Gasteiger partial charge on any atom is -0.756 e. The Kier molecular flexibility index (Phi) is 8.29. The smallest absolute Gasteiger partial charge is 0.756 e. The van der Waals surface area contributed by atoms with Crippen molar-refractivity contribution in [3.63, 3.8) is 0 Å². The number of benzene rings is 1. The molecule has 1 aromatic heterocycles. The second-order valence-electron chi connectivity index (χ2n) is 6.12. The van der Waals surface area contributed by atoms with E-state index in [1.807, 2.05) is 0 Å². The maximum atomic E-state index is 12.3. The number of ether oxygens (including phenoxy) is 1. The summed E-state index contributed by atoms with van der Waals surface area (Å²) < 4.78 is 21.7. The molecule has 0 spiro atoms. The number of amides is 1. The molecule has 29 heavy (non-hydrogen) atoms. The van der Waals surface area contributed by atoms with Gasteiger partial charge in [0, 0.05) is 24.2 Å². The van der Waals surface area contributed by atoms with Gasteiger partial charge in [0.05, 0.1) is 12.7 Å². The van der Waals surface area contributed by atoms with Crippen molar-refractivity contribution in [1.29, 1.82) is 0 Å². The fourth-order valence-electron chi connectivity index (χ4n) is 2.73. The Morgan fingerprint density at radius 2 is 2.10 bits per heavy atom. The van der Waals surface area contributed by atoms with Crippen molar-refractivity contribution in [2.24, 2.45) is 5.73 Å². The first-order valence-corrected chi connectivity index (χ1v) is 9.77. The molecule has 1 unspecified atom stereocenters. The number of carbonyl (C=O) groups excluding carboxylic acids is 1. The van der Waals surface area contributed by atoms with Crippen molar-refractivity contribution in [2.75, 3.05) is 11.9 Å². The molecule has 1 saturated heterocycles. The summed E-state index contributed by atoms with van der Waals surface area (Å²) in [4.78, 5) is 47.6. The molecule has 1 aliphatic rings. The predicted octanol–water partition coefficient (Wildman–Crippen LogP) is -3.41. The fraction of sp³-hybridized carbons (Fsp3) is 0.312. The summed E-state index contributed by atoms with van der Waals surface area (Å²) in [7, 11) is -4.90. The number of hydrogen-bond donors (Lipinski definition) is 3. The monoisotopic (exact) mass is 432 g/mol. The number of nitrogens with one attached hydrogen (secondary N) is 1. The maximum absolute atomic E-state index is 12.3. The molecule has 0 aliphatic carbocycles. The molecule has 1 aliphatic heterocycles. The number of phosphoric ester groups is 1. The van der Waals surface area contributed by atoms with E-state index in [0.29, 0.717) is 5.56 Å². The third-order valence-corrected chi connectivity index (χ3v) is 4.58. The number of aromatic nitrogens is 2. The molecule has 0 bridgehead atoms. The third kappa shape index (κ3) is 6.54. The van der Waals surface area contributed by atoms with Crippen LogP contribution >= 0.6 is 7.82 Å². The Bertz CT molecular complexity index is 952. The number of carbonyl (C=O) groups is 1. The molecule has 1 amide bonds. The van der Waals surface area contributed by atoms with Crippen LogP contribution in [0.4, 0.5) is 5.82 Å². The number of anilines is 1.